The van der Waals surface area contributed by atoms with Gasteiger partial charge < -0.3 is 14.8 Å². The van der Waals surface area contributed by atoms with Crippen molar-refractivity contribution in [3.8, 4) is 5.75 Å². The Morgan fingerprint density at radius 1 is 1.42 bits per heavy atom. The summed E-state index contributed by atoms with van der Waals surface area (Å²) in [6.07, 6.45) is 6.38. The molecule has 0 saturated heterocycles. The lowest BCUT2D eigenvalue weighted by atomic mass is 9.89. The van der Waals surface area contributed by atoms with Crippen molar-refractivity contribution in [2.75, 3.05) is 21.3 Å². The first-order valence-electron chi connectivity index (χ1n) is 7.04. The Morgan fingerprint density at radius 2 is 2.11 bits per heavy atom. The van der Waals surface area contributed by atoms with E-state index in [2.05, 4.69) is 17.3 Å². The molecule has 0 aliphatic heterocycles. The second-order valence-electron chi connectivity index (χ2n) is 5.11. The molecule has 1 aromatic rings. The third-order valence-electron chi connectivity index (χ3n) is 4.31. The van der Waals surface area contributed by atoms with Gasteiger partial charge in [0.05, 0.1) is 24.9 Å². The highest BCUT2D eigenvalue weighted by atomic mass is 16.5. The number of hydrogen-bond acceptors (Lipinski definition) is 4. The van der Waals surface area contributed by atoms with Crippen molar-refractivity contribution in [1.29, 1.82) is 0 Å². The van der Waals surface area contributed by atoms with E-state index >= 15 is 0 Å². The molecular formula is C14H25N3O2. The smallest absolute Gasteiger partial charge is 0.161 e. The van der Waals surface area contributed by atoms with Gasteiger partial charge in [-0.05, 0) is 26.8 Å². The predicted octanol–water partition coefficient (Wildman–Crippen LogP) is 2.13. The minimum atomic E-state index is -0.144. The first-order chi connectivity index (χ1) is 9.22. The molecule has 1 aliphatic rings. The van der Waals surface area contributed by atoms with E-state index in [1.54, 1.807) is 13.3 Å². The summed E-state index contributed by atoms with van der Waals surface area (Å²) in [5, 5.41) is 7.83. The number of nitrogens with one attached hydrogen (secondary N) is 1. The molecular weight excluding hydrogens is 242 g/mol. The second kappa shape index (κ2) is 5.92. The minimum absolute atomic E-state index is 0.109. The maximum atomic E-state index is 5.92. The molecule has 0 radical (unpaired) electrons. The Labute approximate surface area is 115 Å². The lowest BCUT2D eigenvalue weighted by Gasteiger charge is -2.36. The number of rotatable bonds is 6. The number of ether oxygens (including phenoxy) is 2. The number of methoxy groups -OCH3 is 2. The fraction of sp³-hybridized carbons (Fsp3) is 0.786. The SMILES string of the molecule is CCn1ncc(OC)c1C(NC)C1(OC)CCCC1. The van der Waals surface area contributed by atoms with Crippen LogP contribution in [-0.2, 0) is 11.3 Å². The molecule has 2 rings (SSSR count). The first-order valence-corrected chi connectivity index (χ1v) is 7.04. The van der Waals surface area contributed by atoms with E-state index in [4.69, 9.17) is 9.47 Å². The summed E-state index contributed by atoms with van der Waals surface area (Å²) in [5.74, 6) is 0.838. The van der Waals surface area contributed by atoms with E-state index in [0.29, 0.717) is 0 Å². The van der Waals surface area contributed by atoms with Gasteiger partial charge in [0.15, 0.2) is 5.75 Å². The molecule has 0 amide bonds. The standard InChI is InChI=1S/C14H25N3O2/c1-5-17-12(11(18-3)10-16-17)13(15-2)14(19-4)8-6-7-9-14/h10,13,15H,5-9H2,1-4H3. The second-order valence-corrected chi connectivity index (χ2v) is 5.11. The van der Waals surface area contributed by atoms with Gasteiger partial charge in [-0.15, -0.1) is 0 Å². The highest BCUT2D eigenvalue weighted by Crippen LogP contribution is 2.44. The molecule has 1 heterocycles. The van der Waals surface area contributed by atoms with Crippen molar-refractivity contribution in [3.05, 3.63) is 11.9 Å². The van der Waals surface area contributed by atoms with Crippen LogP contribution in [0.5, 0.6) is 5.75 Å². The molecule has 5 nitrogen and oxygen atoms in total. The van der Waals surface area contributed by atoms with Gasteiger partial charge in [0.25, 0.3) is 0 Å². The van der Waals surface area contributed by atoms with E-state index < -0.39 is 0 Å². The van der Waals surface area contributed by atoms with Gasteiger partial charge in [-0.3, -0.25) is 4.68 Å². The van der Waals surface area contributed by atoms with Gasteiger partial charge in [0, 0.05) is 13.7 Å². The molecule has 5 heteroatoms. The van der Waals surface area contributed by atoms with E-state index in [1.807, 2.05) is 18.8 Å². The third-order valence-corrected chi connectivity index (χ3v) is 4.31. The molecule has 1 atom stereocenters. The lowest BCUT2D eigenvalue weighted by molar-refractivity contribution is -0.0375. The number of likely N-dealkylation sites (N-methyl/N-ethyl adjacent to an activating group) is 1. The fourth-order valence-corrected chi connectivity index (χ4v) is 3.31. The summed E-state index contributed by atoms with van der Waals surface area (Å²) in [7, 11) is 5.49. The molecule has 0 bridgehead atoms. The molecule has 1 saturated carbocycles. The molecule has 108 valence electrons. The van der Waals surface area contributed by atoms with E-state index in [9.17, 15) is 0 Å². The number of aromatic nitrogens is 2. The molecule has 19 heavy (non-hydrogen) atoms. The summed E-state index contributed by atoms with van der Waals surface area (Å²) in [4.78, 5) is 0. The summed E-state index contributed by atoms with van der Waals surface area (Å²) in [5.41, 5.74) is 0.950. The number of hydrogen-bond donors (Lipinski definition) is 1. The van der Waals surface area contributed by atoms with Crippen molar-refractivity contribution >= 4 is 0 Å². The van der Waals surface area contributed by atoms with E-state index in [1.165, 1.54) is 12.8 Å². The van der Waals surface area contributed by atoms with Crippen molar-refractivity contribution in [3.63, 3.8) is 0 Å². The Kier molecular flexibility index (Phi) is 4.47. The van der Waals surface area contributed by atoms with Crippen LogP contribution >= 0.6 is 0 Å². The molecule has 1 N–H and O–H groups in total. The Balaban J connectivity index is 2.43. The molecule has 1 unspecified atom stereocenters. The molecule has 1 aromatic heterocycles. The fourth-order valence-electron chi connectivity index (χ4n) is 3.31. The average Bonchev–Trinajstić information content (AvgIpc) is 3.07. The zero-order chi connectivity index (χ0) is 13.9. The monoisotopic (exact) mass is 267 g/mol. The van der Waals surface area contributed by atoms with Crippen LogP contribution in [0.3, 0.4) is 0 Å². The van der Waals surface area contributed by atoms with Crippen molar-refractivity contribution in [2.24, 2.45) is 0 Å². The third kappa shape index (κ3) is 2.37. The topological polar surface area (TPSA) is 48.3 Å². The molecule has 0 aromatic carbocycles. The number of nitrogens with zero attached hydrogens (tertiary/aromatic N) is 2. The van der Waals surface area contributed by atoms with Crippen LogP contribution in [0.1, 0.15) is 44.3 Å². The Morgan fingerprint density at radius 3 is 2.58 bits per heavy atom. The molecule has 1 fully saturated rings. The summed E-state index contributed by atoms with van der Waals surface area (Å²) < 4.78 is 13.4. The highest BCUT2D eigenvalue weighted by molar-refractivity contribution is 5.31. The van der Waals surface area contributed by atoms with Gasteiger partial charge >= 0.3 is 0 Å². The summed E-state index contributed by atoms with van der Waals surface area (Å²) >= 11 is 0. The zero-order valence-corrected chi connectivity index (χ0v) is 12.4. The van der Waals surface area contributed by atoms with Crippen molar-refractivity contribution < 1.29 is 9.47 Å². The van der Waals surface area contributed by atoms with Crippen LogP contribution in [0.15, 0.2) is 6.20 Å². The van der Waals surface area contributed by atoms with Gasteiger partial charge in [-0.25, -0.2) is 0 Å². The van der Waals surface area contributed by atoms with Crippen LogP contribution < -0.4 is 10.1 Å². The highest BCUT2D eigenvalue weighted by Gasteiger charge is 2.44. The van der Waals surface area contributed by atoms with E-state index in [0.717, 1.165) is 30.8 Å². The van der Waals surface area contributed by atoms with Crippen LogP contribution in [0.25, 0.3) is 0 Å². The zero-order valence-electron chi connectivity index (χ0n) is 12.4. The van der Waals surface area contributed by atoms with Gasteiger partial charge in [-0.1, -0.05) is 12.8 Å². The van der Waals surface area contributed by atoms with Gasteiger partial charge in [0.1, 0.15) is 5.69 Å². The van der Waals surface area contributed by atoms with Crippen LogP contribution in [0.2, 0.25) is 0 Å². The van der Waals surface area contributed by atoms with E-state index in [-0.39, 0.29) is 11.6 Å². The average molecular weight is 267 g/mol. The summed E-state index contributed by atoms with van der Waals surface area (Å²) in [6.45, 7) is 2.92. The number of aryl methyl sites for hydroxylation is 1. The van der Waals surface area contributed by atoms with Gasteiger partial charge in [-0.2, -0.15) is 5.10 Å². The van der Waals surface area contributed by atoms with Crippen LogP contribution in [-0.4, -0.2) is 36.6 Å². The minimum Gasteiger partial charge on any atom is -0.493 e. The Hall–Kier alpha value is -1.07. The van der Waals surface area contributed by atoms with Crippen LogP contribution in [0, 0.1) is 0 Å². The molecule has 0 spiro atoms. The van der Waals surface area contributed by atoms with Crippen molar-refractivity contribution in [2.45, 2.75) is 50.8 Å². The lowest BCUT2D eigenvalue weighted by Crippen LogP contribution is -2.43. The summed E-state index contributed by atoms with van der Waals surface area (Å²) in [6, 6.07) is 0.109. The largest absolute Gasteiger partial charge is 0.493 e. The Bertz CT molecular complexity index is 389. The normalized spacial score (nSPS) is 19.6. The molecule has 1 aliphatic carbocycles. The maximum Gasteiger partial charge on any atom is 0.161 e. The van der Waals surface area contributed by atoms with Crippen molar-refractivity contribution in [1.82, 2.24) is 15.1 Å². The van der Waals surface area contributed by atoms with Gasteiger partial charge in [0.2, 0.25) is 0 Å². The maximum absolute atomic E-state index is 5.92. The van der Waals surface area contributed by atoms with Crippen LogP contribution in [0.4, 0.5) is 0 Å². The first kappa shape index (κ1) is 14.3. The quantitative estimate of drug-likeness (QED) is 0.858. The predicted molar refractivity (Wildman–Crippen MR) is 74.5 cm³/mol.